The van der Waals surface area contributed by atoms with Crippen LogP contribution in [0.25, 0.3) is 6.08 Å². The summed E-state index contributed by atoms with van der Waals surface area (Å²) in [6.07, 6.45) is 3.32. The number of fused-ring (bicyclic) bond motifs is 1. The third kappa shape index (κ3) is 9.23. The van der Waals surface area contributed by atoms with Crippen LogP contribution in [0.5, 0.6) is 11.5 Å². The van der Waals surface area contributed by atoms with E-state index in [2.05, 4.69) is 16.5 Å². The lowest BCUT2D eigenvalue weighted by atomic mass is 10.2. The van der Waals surface area contributed by atoms with Crippen molar-refractivity contribution in [3.05, 3.63) is 30.3 Å². The number of nitrogens with zero attached hydrogens (tertiary/aromatic N) is 2. The second-order valence-corrected chi connectivity index (χ2v) is 6.64. The van der Waals surface area contributed by atoms with Crippen LogP contribution in [-0.2, 0) is 18.9 Å². The maximum absolute atomic E-state index is 6.00. The average Bonchev–Trinajstić information content (AvgIpc) is 2.76. The average molecular weight is 423 g/mol. The molecule has 0 N–H and O–H groups in total. The molecule has 8 nitrogen and oxygen atoms in total. The molecule has 0 aliphatic carbocycles. The Balaban J connectivity index is 2.03. The number of hydrogen-bond donors (Lipinski definition) is 0. The van der Waals surface area contributed by atoms with Crippen molar-refractivity contribution in [2.24, 2.45) is 4.99 Å². The van der Waals surface area contributed by atoms with E-state index in [0.29, 0.717) is 77.4 Å². The van der Waals surface area contributed by atoms with Crippen molar-refractivity contribution in [2.75, 3.05) is 80.1 Å². The van der Waals surface area contributed by atoms with Crippen molar-refractivity contribution in [1.29, 1.82) is 0 Å². The molecule has 0 radical (unpaired) electrons. The van der Waals surface area contributed by atoms with Gasteiger partial charge in [0.05, 0.1) is 46.2 Å². The smallest absolute Gasteiger partial charge is 0.161 e. The lowest BCUT2D eigenvalue weighted by Crippen LogP contribution is -2.41. The molecule has 30 heavy (non-hydrogen) atoms. The van der Waals surface area contributed by atoms with Crippen LogP contribution >= 0.6 is 0 Å². The number of likely N-dealkylation sites (N-methyl/N-ethyl adjacent to an activating group) is 1. The van der Waals surface area contributed by atoms with Crippen molar-refractivity contribution in [2.45, 2.75) is 6.23 Å². The summed E-state index contributed by atoms with van der Waals surface area (Å²) in [6.45, 7) is 8.82. The van der Waals surface area contributed by atoms with Crippen molar-refractivity contribution in [3.8, 4) is 11.5 Å². The van der Waals surface area contributed by atoms with Gasteiger partial charge in [-0.1, -0.05) is 18.7 Å². The highest BCUT2D eigenvalue weighted by Gasteiger charge is 2.16. The van der Waals surface area contributed by atoms with Gasteiger partial charge in [0.15, 0.2) is 11.5 Å². The molecule has 1 aliphatic rings. The molecule has 0 amide bonds. The molecule has 1 aromatic carbocycles. The number of ether oxygens (including phenoxy) is 6. The number of benzene rings is 1. The lowest BCUT2D eigenvalue weighted by Gasteiger charge is -2.28. The topological polar surface area (TPSA) is 71.0 Å². The lowest BCUT2D eigenvalue weighted by molar-refractivity contribution is -0.108. The minimum absolute atomic E-state index is 0.206. The molecule has 0 spiro atoms. The van der Waals surface area contributed by atoms with E-state index in [4.69, 9.17) is 28.4 Å². The number of hydrogen-bond acceptors (Lipinski definition) is 8. The number of aliphatic imine (C=N–C) groups is 1. The summed E-state index contributed by atoms with van der Waals surface area (Å²) >= 11 is 0. The van der Waals surface area contributed by atoms with E-state index in [0.717, 1.165) is 5.56 Å². The summed E-state index contributed by atoms with van der Waals surface area (Å²) < 4.78 is 34.1. The SMILES string of the molecule is C=Cc1ccc2c(c1)OCC/N=C/COCCOCC(OCCOC)N(C)CCO2. The van der Waals surface area contributed by atoms with Crippen LogP contribution in [0, 0.1) is 0 Å². The third-order valence-electron chi connectivity index (χ3n) is 4.43. The molecular formula is C22H34N2O6. The minimum atomic E-state index is -0.206. The summed E-state index contributed by atoms with van der Waals surface area (Å²) in [7, 11) is 3.63. The standard InChI is InChI=1S/C22H34N2O6/c1-4-19-5-6-20-21(17-19)28-11-8-23-7-10-26-14-15-27-18-22(30-16-13-25-3)24(2)9-12-29-20/h4-7,17,22H,1,8-16,18H2,2-3H3/b23-7+. The van der Waals surface area contributed by atoms with Crippen LogP contribution in [0.4, 0.5) is 0 Å². The molecule has 1 aliphatic heterocycles. The van der Waals surface area contributed by atoms with Gasteiger partial charge in [-0.05, 0) is 24.7 Å². The maximum atomic E-state index is 6.00. The van der Waals surface area contributed by atoms with Crippen LogP contribution < -0.4 is 9.47 Å². The summed E-state index contributed by atoms with van der Waals surface area (Å²) in [5, 5.41) is 0. The number of rotatable bonds is 5. The van der Waals surface area contributed by atoms with E-state index >= 15 is 0 Å². The Morgan fingerprint density at radius 3 is 2.80 bits per heavy atom. The Kier molecular flexibility index (Phi) is 12.1. The summed E-state index contributed by atoms with van der Waals surface area (Å²) in [4.78, 5) is 6.36. The first-order valence-electron chi connectivity index (χ1n) is 10.2. The number of methoxy groups -OCH3 is 1. The van der Waals surface area contributed by atoms with E-state index < -0.39 is 0 Å². The van der Waals surface area contributed by atoms with E-state index in [1.54, 1.807) is 19.4 Å². The molecule has 1 atom stereocenters. The fourth-order valence-electron chi connectivity index (χ4n) is 2.69. The first-order chi connectivity index (χ1) is 14.7. The van der Waals surface area contributed by atoms with Gasteiger partial charge in [0.1, 0.15) is 19.4 Å². The van der Waals surface area contributed by atoms with Gasteiger partial charge in [0, 0.05) is 19.9 Å². The van der Waals surface area contributed by atoms with Crippen LogP contribution in [-0.4, -0.2) is 97.4 Å². The predicted octanol–water partition coefficient (Wildman–Crippen LogP) is 2.13. The molecule has 1 aromatic rings. The second-order valence-electron chi connectivity index (χ2n) is 6.64. The van der Waals surface area contributed by atoms with Crippen molar-refractivity contribution in [3.63, 3.8) is 0 Å². The largest absolute Gasteiger partial charge is 0.488 e. The van der Waals surface area contributed by atoms with Crippen molar-refractivity contribution in [1.82, 2.24) is 4.90 Å². The normalized spacial score (nSPS) is 21.3. The van der Waals surface area contributed by atoms with Crippen molar-refractivity contribution < 1.29 is 28.4 Å². The van der Waals surface area contributed by atoms with Crippen molar-refractivity contribution >= 4 is 12.3 Å². The Hall–Kier alpha value is -1.97. The van der Waals surface area contributed by atoms with Crippen LogP contribution in [0.1, 0.15) is 5.56 Å². The zero-order valence-electron chi connectivity index (χ0n) is 18.1. The van der Waals surface area contributed by atoms with Gasteiger partial charge in [0.2, 0.25) is 0 Å². The monoisotopic (exact) mass is 422 g/mol. The fourth-order valence-corrected chi connectivity index (χ4v) is 2.69. The molecule has 0 saturated heterocycles. The summed E-state index contributed by atoms with van der Waals surface area (Å²) in [5.74, 6) is 1.37. The highest BCUT2D eigenvalue weighted by molar-refractivity contribution is 5.58. The molecule has 1 heterocycles. The Labute approximate surface area is 179 Å². The molecule has 1 unspecified atom stereocenters. The zero-order chi connectivity index (χ0) is 21.4. The zero-order valence-corrected chi connectivity index (χ0v) is 18.1. The predicted molar refractivity (Wildman–Crippen MR) is 117 cm³/mol. The molecule has 8 heteroatoms. The molecule has 0 bridgehead atoms. The Bertz CT molecular complexity index is 640. The fraction of sp³-hybridized carbons (Fsp3) is 0.591. The molecule has 0 fully saturated rings. The Morgan fingerprint density at radius 1 is 1.13 bits per heavy atom. The highest BCUT2D eigenvalue weighted by Crippen LogP contribution is 2.29. The first-order valence-corrected chi connectivity index (χ1v) is 10.2. The second kappa shape index (κ2) is 14.9. The molecule has 168 valence electrons. The van der Waals surface area contributed by atoms with Crippen LogP contribution in [0.2, 0.25) is 0 Å². The highest BCUT2D eigenvalue weighted by atomic mass is 16.6. The van der Waals surface area contributed by atoms with E-state index in [9.17, 15) is 0 Å². The Morgan fingerprint density at radius 2 is 1.97 bits per heavy atom. The molecular weight excluding hydrogens is 388 g/mol. The maximum Gasteiger partial charge on any atom is 0.161 e. The van der Waals surface area contributed by atoms with Gasteiger partial charge in [-0.15, -0.1) is 0 Å². The quantitative estimate of drug-likeness (QED) is 0.673. The van der Waals surface area contributed by atoms with E-state index in [1.165, 1.54) is 0 Å². The molecule has 2 rings (SSSR count). The van der Waals surface area contributed by atoms with Gasteiger partial charge >= 0.3 is 0 Å². The van der Waals surface area contributed by atoms with E-state index in [-0.39, 0.29) is 6.23 Å². The summed E-state index contributed by atoms with van der Waals surface area (Å²) in [6, 6.07) is 5.77. The van der Waals surface area contributed by atoms with Crippen LogP contribution in [0.15, 0.2) is 29.8 Å². The molecule has 0 aromatic heterocycles. The minimum Gasteiger partial charge on any atom is -0.488 e. The molecule has 0 saturated carbocycles. The van der Waals surface area contributed by atoms with Gasteiger partial charge in [-0.3, -0.25) is 9.89 Å². The van der Waals surface area contributed by atoms with Gasteiger partial charge in [-0.2, -0.15) is 0 Å². The third-order valence-corrected chi connectivity index (χ3v) is 4.43. The van der Waals surface area contributed by atoms with Crippen LogP contribution in [0.3, 0.4) is 0 Å². The van der Waals surface area contributed by atoms with Gasteiger partial charge in [-0.25, -0.2) is 0 Å². The summed E-state index contributed by atoms with van der Waals surface area (Å²) in [5.41, 5.74) is 0.970. The van der Waals surface area contributed by atoms with Gasteiger partial charge < -0.3 is 28.4 Å². The van der Waals surface area contributed by atoms with Gasteiger partial charge in [0.25, 0.3) is 0 Å². The van der Waals surface area contributed by atoms with E-state index in [1.807, 2.05) is 25.2 Å². The first kappa shape index (κ1) is 24.3.